The van der Waals surface area contributed by atoms with Crippen LogP contribution in [0.1, 0.15) is 138 Å². The number of hydrogen-bond acceptors (Lipinski definition) is 1. The van der Waals surface area contributed by atoms with Crippen molar-refractivity contribution >= 4 is 9.68 Å². The van der Waals surface area contributed by atoms with Crippen LogP contribution in [0.4, 0.5) is 0 Å². The van der Waals surface area contributed by atoms with Crippen LogP contribution in [0.25, 0.3) is 0 Å². The Bertz CT molecular complexity index is 306. The molecule has 1 unspecified atom stereocenters. The summed E-state index contributed by atoms with van der Waals surface area (Å²) in [7, 11) is -0.419. The van der Waals surface area contributed by atoms with Gasteiger partial charge in [0, 0.05) is 0 Å². The molecule has 0 aromatic carbocycles. The molecule has 0 aliphatic carbocycles. The predicted octanol–water partition coefficient (Wildman–Crippen LogP) is 7.76. The van der Waals surface area contributed by atoms with Gasteiger partial charge in [-0.05, 0) is 16.4 Å². The highest BCUT2D eigenvalue weighted by Crippen LogP contribution is 2.48. The molecule has 0 aliphatic heterocycles. The van der Waals surface area contributed by atoms with Gasteiger partial charge in [0.2, 0.25) is 0 Å². The zero-order valence-electron chi connectivity index (χ0n) is 19.5. The van der Waals surface area contributed by atoms with Gasteiger partial charge in [0.1, 0.15) is 0 Å². The van der Waals surface area contributed by atoms with Crippen LogP contribution >= 0.6 is 0 Å². The van der Waals surface area contributed by atoms with Gasteiger partial charge in [0.15, 0.2) is 0 Å². The number of nitrogens with two attached hydrogens (primary N) is 1. The van der Waals surface area contributed by atoms with Crippen molar-refractivity contribution in [2.24, 2.45) is 16.2 Å². The average Bonchev–Trinajstić information content (AvgIpc) is 2.57. The van der Waals surface area contributed by atoms with Crippen LogP contribution in [0.15, 0.2) is 0 Å². The summed E-state index contributed by atoms with van der Waals surface area (Å²) in [5.41, 5.74) is 1.53. The van der Waals surface area contributed by atoms with Crippen LogP contribution in [-0.4, -0.2) is 9.68 Å². The van der Waals surface area contributed by atoms with Gasteiger partial charge in [-0.25, -0.2) is 0 Å². The first-order chi connectivity index (χ1) is 12.3. The van der Waals surface area contributed by atoms with E-state index in [1.807, 2.05) is 0 Å². The molecule has 2 N–H and O–H groups in total. The highest BCUT2D eigenvalue weighted by molar-refractivity contribution is 6.33. The molecule has 0 fully saturated rings. The van der Waals surface area contributed by atoms with Crippen LogP contribution in [-0.2, 0) is 0 Å². The lowest BCUT2D eigenvalue weighted by Gasteiger charge is -2.45. The second kappa shape index (κ2) is 15.1. The Morgan fingerprint density at radius 3 is 1.27 bits per heavy atom. The summed E-state index contributed by atoms with van der Waals surface area (Å²) < 4.78 is 0. The maximum Gasteiger partial charge on any atom is 0.0925 e. The molecular weight excluding hydrogens is 330 g/mol. The van der Waals surface area contributed by atoms with Crippen molar-refractivity contribution < 1.29 is 0 Å². The average molecular weight is 384 g/mol. The molecule has 2 heteroatoms. The molecule has 158 valence electrons. The highest BCUT2D eigenvalue weighted by atomic mass is 28.2. The van der Waals surface area contributed by atoms with Crippen molar-refractivity contribution in [1.82, 2.24) is 0 Å². The van der Waals surface area contributed by atoms with Crippen LogP contribution in [0.3, 0.4) is 0 Å². The fourth-order valence-corrected chi connectivity index (χ4v) is 5.70. The topological polar surface area (TPSA) is 26.0 Å². The summed E-state index contributed by atoms with van der Waals surface area (Å²) in [6, 6.07) is 0. The van der Waals surface area contributed by atoms with Crippen molar-refractivity contribution in [1.29, 1.82) is 0 Å². The maximum absolute atomic E-state index is 6.25. The van der Waals surface area contributed by atoms with E-state index in [1.165, 1.54) is 96.3 Å². The zero-order chi connectivity index (χ0) is 19.9. The van der Waals surface area contributed by atoms with Crippen LogP contribution in [0.2, 0.25) is 5.54 Å². The van der Waals surface area contributed by atoms with Crippen LogP contribution in [0, 0.1) is 10.8 Å². The van der Waals surface area contributed by atoms with Gasteiger partial charge in [-0.15, -0.1) is 0 Å². The smallest absolute Gasteiger partial charge is 0.0925 e. The Balaban J connectivity index is 3.53. The number of unbranched alkanes of at least 4 members (excludes halogenated alkanes) is 13. The molecule has 0 heterocycles. The summed E-state index contributed by atoms with van der Waals surface area (Å²) in [5.74, 6) is 0. The molecule has 0 aromatic heterocycles. The molecule has 0 saturated heterocycles. The summed E-state index contributed by atoms with van der Waals surface area (Å²) in [6.07, 6.45) is 21.6. The van der Waals surface area contributed by atoms with E-state index in [4.69, 9.17) is 5.40 Å². The molecule has 1 nitrogen and oxygen atoms in total. The first-order valence-corrected chi connectivity index (χ1v) is 13.6. The Hall–Kier alpha value is 0.177. The highest BCUT2D eigenvalue weighted by Gasteiger charge is 2.38. The number of rotatable bonds is 17. The van der Waals surface area contributed by atoms with E-state index in [9.17, 15) is 0 Å². The Morgan fingerprint density at radius 2 is 0.962 bits per heavy atom. The van der Waals surface area contributed by atoms with E-state index in [0.717, 1.165) is 5.54 Å². The monoisotopic (exact) mass is 383 g/mol. The normalized spacial score (nSPS) is 14.4. The minimum Gasteiger partial charge on any atom is -0.355 e. The number of hydrogen-bond donors (Lipinski definition) is 1. The lowest BCUT2D eigenvalue weighted by molar-refractivity contribution is 0.115. The molecule has 0 rings (SSSR count). The van der Waals surface area contributed by atoms with Crippen molar-refractivity contribution in [3.63, 3.8) is 0 Å². The lowest BCUT2D eigenvalue weighted by atomic mass is 9.66. The first kappa shape index (κ1) is 26.2. The van der Waals surface area contributed by atoms with E-state index in [-0.39, 0.29) is 0 Å². The molecule has 0 spiro atoms. The largest absolute Gasteiger partial charge is 0.355 e. The van der Waals surface area contributed by atoms with Crippen molar-refractivity contribution in [3.05, 3.63) is 0 Å². The minimum atomic E-state index is -0.419. The Morgan fingerprint density at radius 1 is 0.615 bits per heavy atom. The summed E-state index contributed by atoms with van der Waals surface area (Å²) in [4.78, 5) is 0. The van der Waals surface area contributed by atoms with E-state index < -0.39 is 9.68 Å². The fourth-order valence-electron chi connectivity index (χ4n) is 3.97. The zero-order valence-corrected chi connectivity index (χ0v) is 20.9. The Kier molecular flexibility index (Phi) is 15.2. The SMILES string of the molecule is CCCCCCCCCCCCCCCCC([SiH2]N)C(C)(C)C(C)(C)C. The molecule has 0 saturated carbocycles. The molecule has 0 amide bonds. The minimum absolute atomic E-state index is 0.361. The standard InChI is InChI=1S/C24H53NSi/c1-7-8-9-10-11-12-13-14-15-16-17-18-19-20-21-22(26-25)24(5,6)23(2,3)4/h22H,7-21,25-26H2,1-6H3. The van der Waals surface area contributed by atoms with Crippen LogP contribution < -0.4 is 5.40 Å². The third kappa shape index (κ3) is 11.8. The molecule has 1 atom stereocenters. The maximum atomic E-state index is 6.25. The lowest BCUT2D eigenvalue weighted by Crippen LogP contribution is -2.38. The first-order valence-electron chi connectivity index (χ1n) is 12.0. The third-order valence-electron chi connectivity index (χ3n) is 7.14. The van der Waals surface area contributed by atoms with Gasteiger partial charge in [-0.3, -0.25) is 0 Å². The summed E-state index contributed by atoms with van der Waals surface area (Å²) in [5, 5.41) is 6.25. The van der Waals surface area contributed by atoms with E-state index >= 15 is 0 Å². The van der Waals surface area contributed by atoms with E-state index in [0.29, 0.717) is 10.8 Å². The van der Waals surface area contributed by atoms with Gasteiger partial charge in [-0.2, -0.15) is 0 Å². The molecule has 0 aromatic rings. The second-order valence-electron chi connectivity index (χ2n) is 10.3. The molecule has 0 radical (unpaired) electrons. The summed E-state index contributed by atoms with van der Waals surface area (Å²) in [6.45, 7) is 14.3. The van der Waals surface area contributed by atoms with Gasteiger partial charge in [0.05, 0.1) is 9.68 Å². The van der Waals surface area contributed by atoms with Crippen molar-refractivity contribution in [2.75, 3.05) is 0 Å². The molecule has 0 aliphatic rings. The van der Waals surface area contributed by atoms with E-state index in [1.54, 1.807) is 0 Å². The van der Waals surface area contributed by atoms with Crippen LogP contribution in [0.5, 0.6) is 0 Å². The molecule has 0 bridgehead atoms. The van der Waals surface area contributed by atoms with Gasteiger partial charge in [0.25, 0.3) is 0 Å². The predicted molar refractivity (Wildman–Crippen MR) is 125 cm³/mol. The molecular formula is C24H53NSi. The fraction of sp³-hybridized carbons (Fsp3) is 1.00. The van der Waals surface area contributed by atoms with Gasteiger partial charge >= 0.3 is 0 Å². The van der Waals surface area contributed by atoms with Gasteiger partial charge in [-0.1, -0.05) is 138 Å². The van der Waals surface area contributed by atoms with Crippen molar-refractivity contribution in [2.45, 2.75) is 143 Å². The molecule has 26 heavy (non-hydrogen) atoms. The van der Waals surface area contributed by atoms with E-state index in [2.05, 4.69) is 41.5 Å². The quantitative estimate of drug-likeness (QED) is 0.201. The third-order valence-corrected chi connectivity index (χ3v) is 9.14. The van der Waals surface area contributed by atoms with Gasteiger partial charge < -0.3 is 5.40 Å². The Labute approximate surface area is 169 Å². The van der Waals surface area contributed by atoms with Crippen molar-refractivity contribution in [3.8, 4) is 0 Å². The summed E-state index contributed by atoms with van der Waals surface area (Å²) >= 11 is 0. The second-order valence-corrected chi connectivity index (χ2v) is 11.7.